The first-order valence-electron chi connectivity index (χ1n) is 4.81. The van der Waals surface area contributed by atoms with Gasteiger partial charge in [-0.3, -0.25) is 0 Å². The predicted molar refractivity (Wildman–Crippen MR) is 66.5 cm³/mol. The number of alkyl halides is 3. The average Bonchev–Trinajstić information content (AvgIpc) is 2.21. The van der Waals surface area contributed by atoms with Crippen molar-refractivity contribution >= 4 is 25.7 Å². The van der Waals surface area contributed by atoms with Gasteiger partial charge in [-0.1, -0.05) is 5.92 Å². The Bertz CT molecular complexity index is 849. The van der Waals surface area contributed by atoms with Crippen LogP contribution in [0.5, 0.6) is 0 Å². The lowest BCUT2D eigenvalue weighted by molar-refractivity contribution is -0.0696. The number of nitrogen functional groups attached to an aromatic ring is 1. The van der Waals surface area contributed by atoms with Gasteiger partial charge >= 0.3 is 6.18 Å². The fourth-order valence-electron chi connectivity index (χ4n) is 1.30. The van der Waals surface area contributed by atoms with Crippen LogP contribution in [0, 0.1) is 11.8 Å². The predicted octanol–water partition coefficient (Wildman–Crippen LogP) is -0.523. The van der Waals surface area contributed by atoms with Crippen molar-refractivity contribution in [2.24, 2.45) is 10.3 Å². The van der Waals surface area contributed by atoms with Crippen LogP contribution in [-0.2, 0) is 20.0 Å². The highest BCUT2D eigenvalue weighted by atomic mass is 32.2. The van der Waals surface area contributed by atoms with Gasteiger partial charge in [0.25, 0.3) is 0 Å². The Morgan fingerprint density at radius 2 is 1.43 bits per heavy atom. The van der Waals surface area contributed by atoms with E-state index in [1.807, 2.05) is 0 Å². The van der Waals surface area contributed by atoms with Crippen molar-refractivity contribution in [3.8, 4) is 11.8 Å². The zero-order chi connectivity index (χ0) is 16.6. The average molecular weight is 343 g/mol. The van der Waals surface area contributed by atoms with E-state index in [4.69, 9.17) is 16.0 Å². The molecule has 0 amide bonds. The lowest BCUT2D eigenvalue weighted by atomic mass is 10.2. The molecule has 21 heavy (non-hydrogen) atoms. The van der Waals surface area contributed by atoms with E-state index in [-0.39, 0.29) is 0 Å². The Hall–Kier alpha value is -1.81. The number of hydrogen-bond donors (Lipinski definition) is 3. The molecule has 0 bridgehead atoms. The van der Waals surface area contributed by atoms with Crippen molar-refractivity contribution in [2.45, 2.75) is 16.0 Å². The van der Waals surface area contributed by atoms with E-state index in [9.17, 15) is 30.0 Å². The fraction of sp³-hybridized carbons (Fsp3) is 0.111. The van der Waals surface area contributed by atoms with Gasteiger partial charge in [0.05, 0.1) is 10.6 Å². The normalized spacial score (nSPS) is 12.6. The maximum atomic E-state index is 12.0. The summed E-state index contributed by atoms with van der Waals surface area (Å²) in [7, 11) is -8.94. The molecule has 7 nitrogen and oxygen atoms in total. The summed E-state index contributed by atoms with van der Waals surface area (Å²) in [4.78, 5) is -1.72. The third-order valence-electron chi connectivity index (χ3n) is 2.06. The summed E-state index contributed by atoms with van der Waals surface area (Å²) < 4.78 is 81.2. The number of anilines is 1. The molecule has 1 rings (SSSR count). The van der Waals surface area contributed by atoms with Gasteiger partial charge in [-0.15, -0.1) is 0 Å². The number of sulfonamides is 2. The van der Waals surface area contributed by atoms with E-state index in [1.54, 1.807) is 0 Å². The minimum atomic E-state index is -4.89. The molecule has 0 saturated carbocycles. The molecule has 1 aromatic carbocycles. The molecule has 0 aliphatic rings. The van der Waals surface area contributed by atoms with Gasteiger partial charge in [0.1, 0.15) is 4.90 Å². The van der Waals surface area contributed by atoms with Crippen LogP contribution in [0.15, 0.2) is 21.9 Å². The molecule has 0 aromatic heterocycles. The van der Waals surface area contributed by atoms with Crippen LogP contribution in [0.1, 0.15) is 5.56 Å². The van der Waals surface area contributed by atoms with E-state index >= 15 is 0 Å². The largest absolute Gasteiger partial charge is 0.458 e. The SMILES string of the molecule is Nc1cc(C#CC(F)(F)F)c(S(N)(=O)=O)cc1S(N)(=O)=O. The van der Waals surface area contributed by atoms with Crippen molar-refractivity contribution in [1.82, 2.24) is 0 Å². The molecule has 0 spiro atoms. The smallest absolute Gasteiger partial charge is 0.398 e. The first-order valence-corrected chi connectivity index (χ1v) is 7.90. The van der Waals surface area contributed by atoms with Gasteiger partial charge in [-0.2, -0.15) is 13.2 Å². The van der Waals surface area contributed by atoms with E-state index < -0.39 is 47.3 Å². The van der Waals surface area contributed by atoms with E-state index in [1.165, 1.54) is 5.92 Å². The molecule has 0 unspecified atom stereocenters. The van der Waals surface area contributed by atoms with Crippen LogP contribution < -0.4 is 16.0 Å². The Kier molecular flexibility index (Phi) is 4.26. The standard InChI is InChI=1S/C9H8F3N3O4S2/c10-9(11,12)2-1-5-3-6(13)8(21(15,18)19)4-7(5)20(14,16)17/h3-4H,13H2,(H2,14,16,17)(H2,15,18,19). The second-order valence-electron chi connectivity index (χ2n) is 3.72. The van der Waals surface area contributed by atoms with Crippen LogP contribution in [0.3, 0.4) is 0 Å². The molecule has 0 radical (unpaired) electrons. The first-order chi connectivity index (χ1) is 9.22. The highest BCUT2D eigenvalue weighted by molar-refractivity contribution is 7.90. The van der Waals surface area contributed by atoms with Crippen molar-refractivity contribution in [3.05, 3.63) is 17.7 Å². The van der Waals surface area contributed by atoms with Crippen LogP contribution in [0.2, 0.25) is 0 Å². The monoisotopic (exact) mass is 343 g/mol. The molecule has 0 fully saturated rings. The summed E-state index contributed by atoms with van der Waals surface area (Å²) in [6.45, 7) is 0. The maximum absolute atomic E-state index is 12.0. The Balaban J connectivity index is 3.75. The van der Waals surface area contributed by atoms with Crippen molar-refractivity contribution in [1.29, 1.82) is 0 Å². The zero-order valence-corrected chi connectivity index (χ0v) is 11.6. The maximum Gasteiger partial charge on any atom is 0.458 e. The van der Waals surface area contributed by atoms with Crippen LogP contribution in [0.25, 0.3) is 0 Å². The summed E-state index contributed by atoms with van der Waals surface area (Å²) in [6.07, 6.45) is -4.89. The van der Waals surface area contributed by atoms with Gasteiger partial charge in [0.2, 0.25) is 20.0 Å². The number of benzene rings is 1. The van der Waals surface area contributed by atoms with E-state index in [0.717, 1.165) is 5.92 Å². The van der Waals surface area contributed by atoms with E-state index in [2.05, 4.69) is 0 Å². The number of rotatable bonds is 2. The van der Waals surface area contributed by atoms with Crippen LogP contribution in [-0.4, -0.2) is 23.0 Å². The zero-order valence-electron chi connectivity index (χ0n) is 9.97. The molecule has 1 aromatic rings. The van der Waals surface area contributed by atoms with Crippen molar-refractivity contribution in [3.63, 3.8) is 0 Å². The highest BCUT2D eigenvalue weighted by Gasteiger charge is 2.25. The molecule has 0 aliphatic carbocycles. The quantitative estimate of drug-likeness (QED) is 0.488. The Morgan fingerprint density at radius 1 is 0.952 bits per heavy atom. The minimum absolute atomic E-state index is 0.459. The lowest BCUT2D eigenvalue weighted by Crippen LogP contribution is -2.19. The fourth-order valence-corrected chi connectivity index (χ4v) is 2.74. The molecule has 0 atom stereocenters. The van der Waals surface area contributed by atoms with Crippen LogP contribution in [0.4, 0.5) is 18.9 Å². The summed E-state index contributed by atoms with van der Waals surface area (Å²) in [5.41, 5.74) is 4.06. The molecular formula is C9H8F3N3O4S2. The number of hydrogen-bond acceptors (Lipinski definition) is 5. The Labute approximate surface area is 118 Å². The summed E-state index contributed by atoms with van der Waals surface area (Å²) in [5.74, 6) is 2.36. The molecule has 0 aliphatic heterocycles. The van der Waals surface area contributed by atoms with Gasteiger partial charge in [0, 0.05) is 11.5 Å². The summed E-state index contributed by atoms with van der Waals surface area (Å²) in [5, 5.41) is 9.61. The molecule has 116 valence electrons. The van der Waals surface area contributed by atoms with Crippen molar-refractivity contribution < 1.29 is 30.0 Å². The topological polar surface area (TPSA) is 146 Å². The van der Waals surface area contributed by atoms with Gasteiger partial charge in [-0.05, 0) is 12.1 Å². The molecule has 0 saturated heterocycles. The van der Waals surface area contributed by atoms with Crippen LogP contribution >= 0.6 is 0 Å². The summed E-state index contributed by atoms with van der Waals surface area (Å²) >= 11 is 0. The van der Waals surface area contributed by atoms with Gasteiger partial charge < -0.3 is 5.73 Å². The number of nitrogens with two attached hydrogens (primary N) is 3. The van der Waals surface area contributed by atoms with Crippen molar-refractivity contribution in [2.75, 3.05) is 5.73 Å². The van der Waals surface area contributed by atoms with Gasteiger partial charge in [-0.25, -0.2) is 27.1 Å². The molecule has 0 heterocycles. The van der Waals surface area contributed by atoms with E-state index in [0.29, 0.717) is 12.1 Å². The van der Waals surface area contributed by atoms with Gasteiger partial charge in [0.15, 0.2) is 0 Å². The number of primary sulfonamides is 2. The number of halogens is 3. The highest BCUT2D eigenvalue weighted by Crippen LogP contribution is 2.25. The minimum Gasteiger partial charge on any atom is -0.398 e. The summed E-state index contributed by atoms with van der Waals surface area (Å²) in [6, 6.07) is 1.10. The molecular weight excluding hydrogens is 335 g/mol. The molecule has 6 N–H and O–H groups in total. The molecule has 12 heteroatoms. The second kappa shape index (κ2) is 5.19. The lowest BCUT2D eigenvalue weighted by Gasteiger charge is -2.08. The Morgan fingerprint density at radius 3 is 1.81 bits per heavy atom. The third-order valence-corrected chi connectivity index (χ3v) is 3.98. The second-order valence-corrected chi connectivity index (χ2v) is 6.78. The third kappa shape index (κ3) is 4.60. The first kappa shape index (κ1) is 17.2.